The van der Waals surface area contributed by atoms with Gasteiger partial charge in [-0.1, -0.05) is 59.6 Å². The Morgan fingerprint density at radius 1 is 0.895 bits per heavy atom. The summed E-state index contributed by atoms with van der Waals surface area (Å²) in [4.78, 5) is 32.5. The predicted molar refractivity (Wildman–Crippen MR) is 148 cm³/mol. The van der Waals surface area contributed by atoms with Crippen LogP contribution in [0.15, 0.2) is 71.3 Å². The Bertz CT molecular complexity index is 1150. The largest absolute Gasteiger partial charge is 0.467 e. The van der Waals surface area contributed by atoms with Gasteiger partial charge >= 0.3 is 6.03 Å². The molecule has 1 N–H and O–H groups in total. The Labute approximate surface area is 233 Å². The number of rotatable bonds is 11. The fourth-order valence-corrected chi connectivity index (χ4v) is 4.75. The van der Waals surface area contributed by atoms with Crippen molar-refractivity contribution >= 4 is 40.8 Å². The summed E-state index contributed by atoms with van der Waals surface area (Å²) < 4.78 is 10.9. The van der Waals surface area contributed by atoms with Gasteiger partial charge in [-0.2, -0.15) is 0 Å². The van der Waals surface area contributed by atoms with Crippen LogP contribution >= 0.6 is 23.2 Å². The fraction of sp³-hybridized carbons (Fsp3) is 0.357. The molecule has 2 heterocycles. The quantitative estimate of drug-likeness (QED) is 0.342. The third-order valence-electron chi connectivity index (χ3n) is 6.31. The molecule has 1 saturated heterocycles. The lowest BCUT2D eigenvalue weighted by Gasteiger charge is -2.30. The maximum Gasteiger partial charge on any atom is 0.322 e. The number of carbonyl (C=O) groups excluding carboxylic acids is 2. The van der Waals surface area contributed by atoms with E-state index in [1.165, 1.54) is 4.90 Å². The van der Waals surface area contributed by atoms with Gasteiger partial charge in [0.2, 0.25) is 5.91 Å². The van der Waals surface area contributed by atoms with Gasteiger partial charge in [-0.25, -0.2) is 4.79 Å². The van der Waals surface area contributed by atoms with E-state index < -0.39 is 6.03 Å². The Morgan fingerprint density at radius 3 is 2.32 bits per heavy atom. The number of hydrogen-bond donors (Lipinski definition) is 1. The molecule has 3 amide bonds. The molecule has 1 aromatic heterocycles. The third kappa shape index (κ3) is 8.23. The standard InChI is InChI=1S/C28H32Cl2N4O4/c29-24-10-4-11-25(30)27(24)31-28(36)33(13-6-12-32-14-17-37-18-15-32)21-26(35)34(20-23-9-5-16-38-23)19-22-7-2-1-3-8-22/h1-5,7-11,16H,6,12-15,17-21H2,(H,31,36). The Hall–Kier alpha value is -3.04. The molecule has 202 valence electrons. The first-order valence-electron chi connectivity index (χ1n) is 12.6. The molecule has 4 rings (SSSR count). The van der Waals surface area contributed by atoms with Crippen LogP contribution in [0.2, 0.25) is 10.0 Å². The van der Waals surface area contributed by atoms with Crippen LogP contribution in [0.1, 0.15) is 17.7 Å². The second-order valence-corrected chi connectivity index (χ2v) is 9.89. The van der Waals surface area contributed by atoms with E-state index in [1.807, 2.05) is 36.4 Å². The second kappa shape index (κ2) is 14.2. The number of furan rings is 1. The molecular weight excluding hydrogens is 527 g/mol. The maximum atomic E-state index is 13.6. The predicted octanol–water partition coefficient (Wildman–Crippen LogP) is 5.37. The van der Waals surface area contributed by atoms with Crippen LogP contribution in [0.3, 0.4) is 0 Å². The Morgan fingerprint density at radius 2 is 1.63 bits per heavy atom. The monoisotopic (exact) mass is 558 g/mol. The van der Waals surface area contributed by atoms with Crippen LogP contribution < -0.4 is 5.32 Å². The number of amides is 3. The highest BCUT2D eigenvalue weighted by molar-refractivity contribution is 6.39. The van der Waals surface area contributed by atoms with Crippen LogP contribution in [0.25, 0.3) is 0 Å². The number of para-hydroxylation sites is 1. The molecule has 1 aliphatic heterocycles. The number of benzene rings is 2. The fourth-order valence-electron chi connectivity index (χ4n) is 4.26. The molecule has 0 unspecified atom stereocenters. The Balaban J connectivity index is 1.48. The Kier molecular flexibility index (Phi) is 10.5. The number of carbonyl (C=O) groups is 2. The van der Waals surface area contributed by atoms with Crippen molar-refractivity contribution in [2.45, 2.75) is 19.5 Å². The van der Waals surface area contributed by atoms with Crippen LogP contribution in [0.5, 0.6) is 0 Å². The minimum absolute atomic E-state index is 0.107. The first-order valence-corrected chi connectivity index (χ1v) is 13.4. The molecule has 1 fully saturated rings. The third-order valence-corrected chi connectivity index (χ3v) is 6.94. The first-order chi connectivity index (χ1) is 18.5. The molecular formula is C28H32Cl2N4O4. The summed E-state index contributed by atoms with van der Waals surface area (Å²) in [7, 11) is 0. The smallest absolute Gasteiger partial charge is 0.322 e. The summed E-state index contributed by atoms with van der Waals surface area (Å²) in [5.41, 5.74) is 1.31. The van der Waals surface area contributed by atoms with Gasteiger partial charge in [0.05, 0.1) is 41.8 Å². The van der Waals surface area contributed by atoms with Crippen molar-refractivity contribution in [2.75, 3.05) is 51.3 Å². The number of nitrogens with zero attached hydrogens (tertiary/aromatic N) is 3. The summed E-state index contributed by atoms with van der Waals surface area (Å²) in [6.07, 6.45) is 2.28. The zero-order valence-electron chi connectivity index (χ0n) is 21.2. The zero-order valence-corrected chi connectivity index (χ0v) is 22.7. The van der Waals surface area contributed by atoms with Gasteiger partial charge in [0, 0.05) is 32.7 Å². The second-order valence-electron chi connectivity index (χ2n) is 9.07. The number of anilines is 1. The number of ether oxygens (including phenoxy) is 1. The van der Waals surface area contributed by atoms with Crippen molar-refractivity contribution in [3.05, 3.63) is 88.3 Å². The van der Waals surface area contributed by atoms with Crippen molar-refractivity contribution in [3.8, 4) is 0 Å². The van der Waals surface area contributed by atoms with Gasteiger partial charge in [0.1, 0.15) is 12.3 Å². The van der Waals surface area contributed by atoms with Crippen molar-refractivity contribution in [2.24, 2.45) is 0 Å². The van der Waals surface area contributed by atoms with E-state index in [-0.39, 0.29) is 12.5 Å². The van der Waals surface area contributed by atoms with E-state index in [2.05, 4.69) is 10.2 Å². The molecule has 0 spiro atoms. The molecule has 8 nitrogen and oxygen atoms in total. The SMILES string of the molecule is O=C(CN(CCCN1CCOCC1)C(=O)Nc1c(Cl)cccc1Cl)N(Cc1ccccc1)Cc1ccco1. The van der Waals surface area contributed by atoms with Gasteiger partial charge in [0.15, 0.2) is 0 Å². The lowest BCUT2D eigenvalue weighted by Crippen LogP contribution is -2.45. The molecule has 0 saturated carbocycles. The molecule has 0 aliphatic carbocycles. The summed E-state index contributed by atoms with van der Waals surface area (Å²) >= 11 is 12.6. The van der Waals surface area contributed by atoms with E-state index in [1.54, 1.807) is 35.4 Å². The van der Waals surface area contributed by atoms with Crippen molar-refractivity contribution in [3.63, 3.8) is 0 Å². The molecule has 2 aromatic carbocycles. The average Bonchev–Trinajstić information content (AvgIpc) is 3.44. The van der Waals surface area contributed by atoms with Gasteiger partial charge in [0.25, 0.3) is 0 Å². The van der Waals surface area contributed by atoms with Gasteiger partial charge in [-0.3, -0.25) is 9.69 Å². The lowest BCUT2D eigenvalue weighted by atomic mass is 10.2. The number of morpholine rings is 1. The number of nitrogens with one attached hydrogen (secondary N) is 1. The minimum Gasteiger partial charge on any atom is -0.467 e. The molecule has 0 radical (unpaired) electrons. The van der Waals surface area contributed by atoms with E-state index in [0.29, 0.717) is 60.8 Å². The van der Waals surface area contributed by atoms with Gasteiger partial charge in [-0.05, 0) is 36.2 Å². The van der Waals surface area contributed by atoms with Crippen LogP contribution in [0.4, 0.5) is 10.5 Å². The van der Waals surface area contributed by atoms with Crippen molar-refractivity contribution in [1.82, 2.24) is 14.7 Å². The molecule has 38 heavy (non-hydrogen) atoms. The van der Waals surface area contributed by atoms with Crippen LogP contribution in [-0.2, 0) is 22.6 Å². The topological polar surface area (TPSA) is 78.3 Å². The van der Waals surface area contributed by atoms with Gasteiger partial charge < -0.3 is 24.3 Å². The number of urea groups is 1. The number of hydrogen-bond acceptors (Lipinski definition) is 5. The minimum atomic E-state index is -0.437. The molecule has 10 heteroatoms. The zero-order chi connectivity index (χ0) is 26.7. The molecule has 0 bridgehead atoms. The van der Waals surface area contributed by atoms with Crippen molar-refractivity contribution < 1.29 is 18.7 Å². The highest BCUT2D eigenvalue weighted by Crippen LogP contribution is 2.30. The van der Waals surface area contributed by atoms with Crippen LogP contribution in [-0.4, -0.2) is 72.6 Å². The van der Waals surface area contributed by atoms with E-state index >= 15 is 0 Å². The van der Waals surface area contributed by atoms with E-state index in [4.69, 9.17) is 32.4 Å². The summed E-state index contributed by atoms with van der Waals surface area (Å²) in [5, 5.41) is 3.46. The number of halogens is 2. The average molecular weight is 559 g/mol. The molecule has 0 atom stereocenters. The van der Waals surface area contributed by atoms with E-state index in [0.717, 1.165) is 25.2 Å². The summed E-state index contributed by atoms with van der Waals surface area (Å²) in [6.45, 7) is 4.88. The summed E-state index contributed by atoms with van der Waals surface area (Å²) in [5.74, 6) is 0.470. The first kappa shape index (κ1) is 28.0. The molecule has 1 aliphatic rings. The van der Waals surface area contributed by atoms with E-state index in [9.17, 15) is 9.59 Å². The van der Waals surface area contributed by atoms with Crippen LogP contribution in [0, 0.1) is 0 Å². The highest BCUT2D eigenvalue weighted by atomic mass is 35.5. The lowest BCUT2D eigenvalue weighted by molar-refractivity contribution is -0.133. The molecule has 3 aromatic rings. The highest BCUT2D eigenvalue weighted by Gasteiger charge is 2.24. The summed E-state index contributed by atoms with van der Waals surface area (Å²) in [6, 6.07) is 17.9. The maximum absolute atomic E-state index is 13.6. The normalized spacial score (nSPS) is 13.7. The van der Waals surface area contributed by atoms with Gasteiger partial charge in [-0.15, -0.1) is 0 Å². The van der Waals surface area contributed by atoms with Crippen molar-refractivity contribution in [1.29, 1.82) is 0 Å².